The molecule has 0 heterocycles. The van der Waals surface area contributed by atoms with E-state index in [4.69, 9.17) is 0 Å². The molecule has 4 heteroatoms. The summed E-state index contributed by atoms with van der Waals surface area (Å²) in [4.78, 5) is 13.7. The fourth-order valence-corrected chi connectivity index (χ4v) is 3.44. The normalized spacial score (nSPS) is 30.5. The van der Waals surface area contributed by atoms with Crippen molar-refractivity contribution in [2.24, 2.45) is 4.99 Å². The zero-order valence-corrected chi connectivity index (χ0v) is 8.95. The van der Waals surface area contributed by atoms with Crippen LogP contribution in [0.4, 0.5) is 0 Å². The smallest absolute Gasteiger partial charge is 0.235 e. The van der Waals surface area contributed by atoms with E-state index >= 15 is 0 Å². The van der Waals surface area contributed by atoms with E-state index in [0.29, 0.717) is 5.66 Å². The summed E-state index contributed by atoms with van der Waals surface area (Å²) < 4.78 is 11.5. The van der Waals surface area contributed by atoms with Crippen molar-refractivity contribution >= 4 is 13.9 Å². The number of rotatable bonds is 3. The third-order valence-corrected chi connectivity index (χ3v) is 4.92. The van der Waals surface area contributed by atoms with E-state index in [0.717, 1.165) is 31.8 Å². The molecule has 1 aliphatic carbocycles. The van der Waals surface area contributed by atoms with Gasteiger partial charge < -0.3 is 4.57 Å². The molecule has 1 fully saturated rings. The molecule has 1 aliphatic rings. The number of isocyanates is 1. The Morgan fingerprint density at radius 1 is 1.38 bits per heavy atom. The monoisotopic (exact) mass is 201 g/mol. The summed E-state index contributed by atoms with van der Waals surface area (Å²) in [5.41, 5.74) is 0.410. The van der Waals surface area contributed by atoms with Crippen molar-refractivity contribution in [1.29, 1.82) is 0 Å². The number of hydrogen-bond acceptors (Lipinski definition) is 3. The van der Waals surface area contributed by atoms with E-state index in [9.17, 15) is 9.36 Å². The number of hydrogen-bond donors (Lipinski definition) is 0. The van der Waals surface area contributed by atoms with E-state index in [1.807, 2.05) is 6.92 Å². The zero-order chi connectivity index (χ0) is 9.68. The van der Waals surface area contributed by atoms with Crippen molar-refractivity contribution in [2.75, 3.05) is 6.16 Å². The highest BCUT2D eigenvalue weighted by atomic mass is 31.1. The molecule has 3 nitrogen and oxygen atoms in total. The topological polar surface area (TPSA) is 46.5 Å². The van der Waals surface area contributed by atoms with E-state index in [1.54, 1.807) is 6.08 Å². The first-order chi connectivity index (χ1) is 6.27. The van der Waals surface area contributed by atoms with Crippen molar-refractivity contribution in [3.05, 3.63) is 0 Å². The van der Waals surface area contributed by atoms with E-state index in [2.05, 4.69) is 4.99 Å². The average molecular weight is 201 g/mol. The van der Waals surface area contributed by atoms with Crippen molar-refractivity contribution in [3.63, 3.8) is 0 Å². The number of carbonyl (C=O) groups excluding carboxylic acids is 1. The quantitative estimate of drug-likeness (QED) is 0.399. The Bertz CT molecular complexity index is 228. The molecule has 1 unspecified atom stereocenters. The minimum absolute atomic E-state index is 0.153. The van der Waals surface area contributed by atoms with Crippen LogP contribution in [0.3, 0.4) is 0 Å². The largest absolute Gasteiger partial charge is 0.327 e. The van der Waals surface area contributed by atoms with Gasteiger partial charge in [0.1, 0.15) is 0 Å². The second-order valence-corrected chi connectivity index (χ2v) is 6.00. The van der Waals surface area contributed by atoms with Crippen molar-refractivity contribution in [1.82, 2.24) is 0 Å². The Morgan fingerprint density at radius 2 is 2.00 bits per heavy atom. The zero-order valence-electron chi connectivity index (χ0n) is 7.95. The third-order valence-electron chi connectivity index (χ3n) is 2.74. The lowest BCUT2D eigenvalue weighted by molar-refractivity contribution is 0.436. The Hall–Kier alpha value is -0.390. The van der Waals surface area contributed by atoms with Gasteiger partial charge in [-0.2, -0.15) is 0 Å². The molecule has 1 rings (SSSR count). The minimum atomic E-state index is -1.36. The first-order valence-corrected chi connectivity index (χ1v) is 6.57. The Balaban J connectivity index is 2.38. The summed E-state index contributed by atoms with van der Waals surface area (Å²) in [7, 11) is -1.36. The van der Waals surface area contributed by atoms with Crippen LogP contribution >= 0.6 is 7.80 Å². The molecular formula is C9H16NO2P. The molecule has 1 saturated carbocycles. The summed E-state index contributed by atoms with van der Waals surface area (Å²) in [6.07, 6.45) is 6.19. The van der Waals surface area contributed by atoms with Gasteiger partial charge >= 0.3 is 0 Å². The highest BCUT2D eigenvalue weighted by Crippen LogP contribution is 2.38. The molecule has 0 radical (unpaired) electrons. The van der Waals surface area contributed by atoms with Crippen LogP contribution in [0.25, 0.3) is 0 Å². The van der Waals surface area contributed by atoms with Crippen molar-refractivity contribution in [2.45, 2.75) is 44.3 Å². The van der Waals surface area contributed by atoms with Crippen molar-refractivity contribution in [3.8, 4) is 0 Å². The summed E-state index contributed by atoms with van der Waals surface area (Å²) in [5.74, 6) is 0. The standard InChI is InChI=1S/C9H16NO2P/c1-2-13(12)9-5-3-8(4-6-9)10-7-11/h8-9,13H,2-6H2,1H3. The van der Waals surface area contributed by atoms with Gasteiger partial charge in [0.25, 0.3) is 0 Å². The lowest BCUT2D eigenvalue weighted by atomic mass is 9.95. The number of nitrogens with zero attached hydrogens (tertiary/aromatic N) is 1. The van der Waals surface area contributed by atoms with Gasteiger partial charge in [0.15, 0.2) is 0 Å². The Kier molecular flexibility index (Phi) is 4.41. The third kappa shape index (κ3) is 3.10. The van der Waals surface area contributed by atoms with Gasteiger partial charge in [-0.3, -0.25) is 0 Å². The fraction of sp³-hybridized carbons (Fsp3) is 0.889. The van der Waals surface area contributed by atoms with Crippen LogP contribution in [0, 0.1) is 0 Å². The lowest BCUT2D eigenvalue weighted by Crippen LogP contribution is -2.18. The van der Waals surface area contributed by atoms with Crippen molar-refractivity contribution < 1.29 is 9.36 Å². The second-order valence-electron chi connectivity index (χ2n) is 3.55. The van der Waals surface area contributed by atoms with Crippen LogP contribution in [0.2, 0.25) is 0 Å². The maximum atomic E-state index is 11.5. The molecule has 0 bridgehead atoms. The Morgan fingerprint density at radius 3 is 2.46 bits per heavy atom. The predicted molar refractivity (Wildman–Crippen MR) is 53.7 cm³/mol. The van der Waals surface area contributed by atoms with Gasteiger partial charge in [-0.05, 0) is 31.8 Å². The molecule has 74 valence electrons. The number of aliphatic imine (C=N–C) groups is 1. The molecule has 0 amide bonds. The van der Waals surface area contributed by atoms with Gasteiger partial charge in [-0.1, -0.05) is 6.92 Å². The van der Waals surface area contributed by atoms with Crippen LogP contribution in [0.15, 0.2) is 4.99 Å². The molecule has 0 spiro atoms. The van der Waals surface area contributed by atoms with Gasteiger partial charge in [0, 0.05) is 5.66 Å². The average Bonchev–Trinajstić information content (AvgIpc) is 2.18. The van der Waals surface area contributed by atoms with E-state index in [1.165, 1.54) is 0 Å². The lowest BCUT2D eigenvalue weighted by Gasteiger charge is -2.24. The molecule has 13 heavy (non-hydrogen) atoms. The van der Waals surface area contributed by atoms with E-state index in [-0.39, 0.29) is 6.04 Å². The minimum Gasteiger partial charge on any atom is -0.327 e. The highest BCUT2D eigenvalue weighted by Gasteiger charge is 2.23. The SMILES string of the molecule is CC[PH](=O)C1CCC(N=C=O)CC1. The highest BCUT2D eigenvalue weighted by molar-refractivity contribution is 7.45. The predicted octanol–water partition coefficient (Wildman–Crippen LogP) is 2.21. The second kappa shape index (κ2) is 5.36. The Labute approximate surface area is 79.4 Å². The van der Waals surface area contributed by atoms with Crippen LogP contribution in [-0.4, -0.2) is 23.9 Å². The van der Waals surface area contributed by atoms with Crippen LogP contribution in [0.1, 0.15) is 32.6 Å². The molecule has 0 aromatic heterocycles. The molecule has 0 aromatic rings. The maximum absolute atomic E-state index is 11.5. The molecule has 0 N–H and O–H groups in total. The fourth-order valence-electron chi connectivity index (χ4n) is 1.89. The maximum Gasteiger partial charge on any atom is 0.235 e. The summed E-state index contributed by atoms with van der Waals surface area (Å²) in [5, 5.41) is 0. The van der Waals surface area contributed by atoms with Gasteiger partial charge in [0.05, 0.1) is 13.8 Å². The molecule has 0 aromatic carbocycles. The van der Waals surface area contributed by atoms with Crippen LogP contribution in [-0.2, 0) is 9.36 Å². The van der Waals surface area contributed by atoms with Gasteiger partial charge in [-0.15, -0.1) is 0 Å². The summed E-state index contributed by atoms with van der Waals surface area (Å²) in [6, 6.07) is 0.153. The summed E-state index contributed by atoms with van der Waals surface area (Å²) in [6.45, 7) is 1.98. The first kappa shape index (κ1) is 10.7. The summed E-state index contributed by atoms with van der Waals surface area (Å²) >= 11 is 0. The van der Waals surface area contributed by atoms with Crippen LogP contribution in [0.5, 0.6) is 0 Å². The molecular weight excluding hydrogens is 185 g/mol. The van der Waals surface area contributed by atoms with Crippen LogP contribution < -0.4 is 0 Å². The molecule has 0 aliphatic heterocycles. The van der Waals surface area contributed by atoms with Gasteiger partial charge in [0.2, 0.25) is 6.08 Å². The molecule has 0 saturated heterocycles. The molecule has 1 atom stereocenters. The van der Waals surface area contributed by atoms with E-state index < -0.39 is 7.80 Å². The van der Waals surface area contributed by atoms with Gasteiger partial charge in [-0.25, -0.2) is 9.79 Å². The first-order valence-electron chi connectivity index (χ1n) is 4.87.